The van der Waals surface area contributed by atoms with Crippen molar-refractivity contribution in [2.75, 3.05) is 7.11 Å². The zero-order valence-electron chi connectivity index (χ0n) is 16.8. The minimum absolute atomic E-state index is 0.178. The molecule has 0 atom stereocenters. The van der Waals surface area contributed by atoms with Crippen molar-refractivity contribution in [1.82, 2.24) is 5.43 Å². The van der Waals surface area contributed by atoms with E-state index in [0.717, 1.165) is 10.0 Å². The van der Waals surface area contributed by atoms with Gasteiger partial charge in [-0.25, -0.2) is 10.2 Å². The highest BCUT2D eigenvalue weighted by Crippen LogP contribution is 2.30. The number of esters is 1. The minimum atomic E-state index is -0.647. The van der Waals surface area contributed by atoms with Crippen LogP contribution < -0.4 is 14.9 Å². The number of amides is 1. The molecule has 1 N–H and O–H groups in total. The van der Waals surface area contributed by atoms with E-state index in [2.05, 4.69) is 26.5 Å². The molecule has 0 saturated carbocycles. The number of ether oxygens (including phenoxy) is 2. The van der Waals surface area contributed by atoms with E-state index in [-0.39, 0.29) is 28.7 Å². The van der Waals surface area contributed by atoms with E-state index >= 15 is 0 Å². The van der Waals surface area contributed by atoms with Crippen molar-refractivity contribution in [3.8, 4) is 11.5 Å². The van der Waals surface area contributed by atoms with Gasteiger partial charge in [0.05, 0.1) is 30.3 Å². The van der Waals surface area contributed by atoms with Gasteiger partial charge < -0.3 is 9.47 Å². The highest BCUT2D eigenvalue weighted by Gasteiger charge is 2.16. The van der Waals surface area contributed by atoms with Crippen molar-refractivity contribution in [3.05, 3.63) is 91.9 Å². The van der Waals surface area contributed by atoms with Crippen molar-refractivity contribution < 1.29 is 19.1 Å². The van der Waals surface area contributed by atoms with Gasteiger partial charge in [-0.1, -0.05) is 51.3 Å². The second-order valence-electron chi connectivity index (χ2n) is 6.52. The zero-order chi connectivity index (χ0) is 23.1. The number of benzene rings is 3. The third kappa shape index (κ3) is 6.56. The number of hydrazone groups is 1. The summed E-state index contributed by atoms with van der Waals surface area (Å²) in [6.07, 6.45) is 1.67. The Labute approximate surface area is 203 Å². The Morgan fingerprint density at radius 3 is 2.47 bits per heavy atom. The van der Waals surface area contributed by atoms with Gasteiger partial charge in [-0.15, -0.1) is 0 Å². The molecule has 32 heavy (non-hydrogen) atoms. The number of rotatable bonds is 7. The summed E-state index contributed by atoms with van der Waals surface area (Å²) < 4.78 is 11.7. The fourth-order valence-electron chi connectivity index (χ4n) is 2.66. The van der Waals surface area contributed by atoms with Gasteiger partial charge >= 0.3 is 5.97 Å². The van der Waals surface area contributed by atoms with Gasteiger partial charge in [-0.3, -0.25) is 4.79 Å². The lowest BCUT2D eigenvalue weighted by Gasteiger charge is -2.10. The number of halogens is 3. The smallest absolute Gasteiger partial charge is 0.345 e. The molecule has 0 fully saturated rings. The van der Waals surface area contributed by atoms with Crippen LogP contribution in [0.15, 0.2) is 70.2 Å². The Kier molecular flexibility index (Phi) is 8.27. The summed E-state index contributed by atoms with van der Waals surface area (Å²) in [5.74, 6) is -0.374. The number of carbonyl (C=O) groups is 2. The maximum atomic E-state index is 12.4. The average Bonchev–Trinajstić information content (AvgIpc) is 2.76. The van der Waals surface area contributed by atoms with Gasteiger partial charge in [0.15, 0.2) is 11.5 Å². The van der Waals surface area contributed by atoms with Crippen molar-refractivity contribution in [2.24, 2.45) is 5.10 Å². The Morgan fingerprint density at radius 1 is 1.03 bits per heavy atom. The minimum Gasteiger partial charge on any atom is -0.493 e. The maximum Gasteiger partial charge on any atom is 0.345 e. The van der Waals surface area contributed by atoms with Crippen LogP contribution in [0.25, 0.3) is 0 Å². The molecule has 0 radical (unpaired) electrons. The number of carbonyl (C=O) groups excluding carboxylic acids is 2. The number of methoxy groups -OCH3 is 1. The molecule has 0 heterocycles. The average molecular weight is 536 g/mol. The van der Waals surface area contributed by atoms with Crippen LogP contribution in [-0.4, -0.2) is 25.2 Å². The molecule has 164 valence electrons. The van der Waals surface area contributed by atoms with E-state index in [0.29, 0.717) is 16.3 Å². The molecule has 0 aliphatic heterocycles. The van der Waals surface area contributed by atoms with Gasteiger partial charge in [0.2, 0.25) is 5.91 Å². The monoisotopic (exact) mass is 534 g/mol. The molecular weight excluding hydrogens is 519 g/mol. The summed E-state index contributed by atoms with van der Waals surface area (Å²) in [5.41, 5.74) is 4.16. The fraction of sp³-hybridized carbons (Fsp3) is 0.0870. The molecule has 0 bridgehead atoms. The predicted molar refractivity (Wildman–Crippen MR) is 128 cm³/mol. The van der Waals surface area contributed by atoms with E-state index in [1.54, 1.807) is 24.3 Å². The summed E-state index contributed by atoms with van der Waals surface area (Å²) >= 11 is 15.3. The second-order valence-corrected chi connectivity index (χ2v) is 8.28. The topological polar surface area (TPSA) is 77.0 Å². The van der Waals surface area contributed by atoms with Crippen LogP contribution in [0.2, 0.25) is 10.0 Å². The summed E-state index contributed by atoms with van der Waals surface area (Å²) in [7, 11) is 1.45. The second kappa shape index (κ2) is 11.1. The highest BCUT2D eigenvalue weighted by molar-refractivity contribution is 9.10. The lowest BCUT2D eigenvalue weighted by atomic mass is 10.1. The lowest BCUT2D eigenvalue weighted by Crippen LogP contribution is -2.19. The van der Waals surface area contributed by atoms with Crippen molar-refractivity contribution in [3.63, 3.8) is 0 Å². The molecule has 3 aromatic rings. The summed E-state index contributed by atoms with van der Waals surface area (Å²) in [6, 6.07) is 16.8. The van der Waals surface area contributed by atoms with Gasteiger partial charge in [-0.2, -0.15) is 5.10 Å². The molecule has 3 aromatic carbocycles. The van der Waals surface area contributed by atoms with Crippen LogP contribution in [0.1, 0.15) is 21.5 Å². The molecule has 9 heteroatoms. The largest absolute Gasteiger partial charge is 0.493 e. The van der Waals surface area contributed by atoms with E-state index in [1.165, 1.54) is 25.5 Å². The normalized spacial score (nSPS) is 10.8. The molecule has 0 saturated heterocycles. The van der Waals surface area contributed by atoms with Crippen LogP contribution in [0, 0.1) is 0 Å². The third-order valence-corrected chi connectivity index (χ3v) is 5.30. The Morgan fingerprint density at radius 2 is 1.78 bits per heavy atom. The molecule has 6 nitrogen and oxygen atoms in total. The first-order valence-electron chi connectivity index (χ1n) is 9.27. The Balaban J connectivity index is 1.63. The number of hydrogen-bond donors (Lipinski definition) is 1. The first kappa shape index (κ1) is 23.8. The van der Waals surface area contributed by atoms with Crippen LogP contribution >= 0.6 is 39.1 Å². The summed E-state index contributed by atoms with van der Waals surface area (Å²) in [4.78, 5) is 24.5. The molecule has 0 aliphatic rings. The van der Waals surface area contributed by atoms with E-state index in [1.807, 2.05) is 24.3 Å². The van der Waals surface area contributed by atoms with Crippen LogP contribution in [0.4, 0.5) is 0 Å². The van der Waals surface area contributed by atoms with Gasteiger partial charge in [0, 0.05) is 9.50 Å². The first-order valence-corrected chi connectivity index (χ1v) is 10.8. The lowest BCUT2D eigenvalue weighted by molar-refractivity contribution is -0.120. The quantitative estimate of drug-likeness (QED) is 0.183. The fourth-order valence-corrected chi connectivity index (χ4v) is 3.41. The van der Waals surface area contributed by atoms with Crippen LogP contribution in [-0.2, 0) is 11.2 Å². The first-order chi connectivity index (χ1) is 15.4. The van der Waals surface area contributed by atoms with Crippen LogP contribution in [0.5, 0.6) is 11.5 Å². The number of nitrogens with zero attached hydrogens (tertiary/aromatic N) is 1. The summed E-state index contributed by atoms with van der Waals surface area (Å²) in [6.45, 7) is 0. The van der Waals surface area contributed by atoms with Crippen molar-refractivity contribution >= 4 is 57.2 Å². The molecule has 0 aliphatic carbocycles. The van der Waals surface area contributed by atoms with E-state index in [9.17, 15) is 9.59 Å². The molecule has 0 aromatic heterocycles. The SMILES string of the molecule is COc1cc(C=NNC(=O)Cc2ccc(Br)cc2)ccc1OC(=O)c1ccc(Cl)cc1Cl. The standard InChI is InChI=1S/C23H17BrCl2N2O4/c1-31-21-10-15(13-27-28-22(29)11-14-2-5-16(24)6-3-14)4-9-20(21)32-23(30)18-8-7-17(25)12-19(18)26/h2-10,12-13H,11H2,1H3,(H,28,29). The van der Waals surface area contributed by atoms with E-state index < -0.39 is 5.97 Å². The molecule has 1 amide bonds. The van der Waals surface area contributed by atoms with Gasteiger partial charge in [-0.05, 0) is 59.7 Å². The molecule has 3 rings (SSSR count). The summed E-state index contributed by atoms with van der Waals surface area (Å²) in [5, 5.41) is 4.56. The van der Waals surface area contributed by atoms with Gasteiger partial charge in [0.25, 0.3) is 0 Å². The number of nitrogens with one attached hydrogen (secondary N) is 1. The number of hydrogen-bond acceptors (Lipinski definition) is 5. The predicted octanol–water partition coefficient (Wildman–Crippen LogP) is 5.68. The maximum absolute atomic E-state index is 12.4. The van der Waals surface area contributed by atoms with Crippen LogP contribution in [0.3, 0.4) is 0 Å². The Bertz CT molecular complexity index is 1170. The van der Waals surface area contributed by atoms with E-state index in [4.69, 9.17) is 32.7 Å². The third-order valence-electron chi connectivity index (χ3n) is 4.22. The van der Waals surface area contributed by atoms with Crippen molar-refractivity contribution in [1.29, 1.82) is 0 Å². The van der Waals surface area contributed by atoms with Gasteiger partial charge in [0.1, 0.15) is 0 Å². The Hall–Kier alpha value is -2.87. The molecule has 0 spiro atoms. The molecule has 0 unspecified atom stereocenters. The van der Waals surface area contributed by atoms with Crippen molar-refractivity contribution in [2.45, 2.75) is 6.42 Å². The zero-order valence-corrected chi connectivity index (χ0v) is 19.9. The highest BCUT2D eigenvalue weighted by atomic mass is 79.9. The molecular formula is C23H17BrCl2N2O4.